The summed E-state index contributed by atoms with van der Waals surface area (Å²) in [6, 6.07) is 13.4. The number of oxime groups is 1. The lowest BCUT2D eigenvalue weighted by atomic mass is 9.99. The minimum absolute atomic E-state index is 0.00470. The van der Waals surface area contributed by atoms with E-state index in [4.69, 9.17) is 9.57 Å². The second-order valence-corrected chi connectivity index (χ2v) is 12.2. The van der Waals surface area contributed by atoms with E-state index in [0.29, 0.717) is 30.2 Å². The van der Waals surface area contributed by atoms with Gasteiger partial charge in [-0.05, 0) is 73.4 Å². The van der Waals surface area contributed by atoms with Crippen molar-refractivity contribution in [1.82, 2.24) is 10.6 Å². The number of benzene rings is 3. The summed E-state index contributed by atoms with van der Waals surface area (Å²) in [5.41, 5.74) is 1.82. The highest BCUT2D eigenvalue weighted by molar-refractivity contribution is 7.90. The van der Waals surface area contributed by atoms with Crippen LogP contribution in [0.4, 0.5) is 8.78 Å². The summed E-state index contributed by atoms with van der Waals surface area (Å²) in [6.45, 7) is 4.30. The third-order valence-corrected chi connectivity index (χ3v) is 7.58. The highest BCUT2D eigenvalue weighted by Crippen LogP contribution is 2.19. The summed E-state index contributed by atoms with van der Waals surface area (Å²) < 4.78 is 58.0. The van der Waals surface area contributed by atoms with Gasteiger partial charge in [0.25, 0.3) is 5.91 Å². The molecule has 0 bridgehead atoms. The fourth-order valence-corrected chi connectivity index (χ4v) is 4.93. The molecule has 0 aromatic heterocycles. The highest BCUT2D eigenvalue weighted by atomic mass is 32.2. The van der Waals surface area contributed by atoms with Crippen LogP contribution in [0.3, 0.4) is 0 Å². The fraction of sp³-hybridized carbons (Fsp3) is 0.355. The number of aliphatic hydroxyl groups excluding tert-OH is 1. The molecule has 12 heteroatoms. The van der Waals surface area contributed by atoms with Gasteiger partial charge in [0.05, 0.1) is 29.9 Å². The molecule has 3 N–H and O–H groups in total. The number of nitrogens with one attached hydrogen (secondary N) is 2. The SMILES string of the molecule is CCCO/N=C(\C)c1cc(C(=O)N[C@@H](Cc2cc(F)cc(F)c2)[C@H](O)CNCc2cccc(OC)c2)cc(S(C)(=O)=O)c1. The van der Waals surface area contributed by atoms with Gasteiger partial charge in [0.15, 0.2) is 9.84 Å². The number of sulfone groups is 1. The van der Waals surface area contributed by atoms with Crippen molar-refractivity contribution >= 4 is 21.5 Å². The summed E-state index contributed by atoms with van der Waals surface area (Å²) in [4.78, 5) is 18.6. The number of hydrogen-bond acceptors (Lipinski definition) is 8. The van der Waals surface area contributed by atoms with Gasteiger partial charge in [-0.3, -0.25) is 4.79 Å². The first-order chi connectivity index (χ1) is 20.4. The standard InChI is InChI=1S/C31H37F2N3O6S/c1-5-9-42-36-20(2)23-14-24(16-28(15-23)43(4,39)40)31(38)35-29(13-22-10-25(32)17-26(33)11-22)30(37)19-34-18-21-7-6-8-27(12-21)41-3/h6-8,10-12,14-17,29-30,34,37H,5,9,13,18-19H2,1-4H3,(H,35,38)/b36-20+/t29-,30+/m0/s1. The Hall–Kier alpha value is -3.87. The number of carbonyl (C=O) groups excluding carboxylic acids is 1. The van der Waals surface area contributed by atoms with Crippen LogP contribution >= 0.6 is 0 Å². The van der Waals surface area contributed by atoms with Gasteiger partial charge < -0.3 is 25.3 Å². The molecule has 0 saturated heterocycles. The van der Waals surface area contributed by atoms with Crippen molar-refractivity contribution in [2.45, 2.75) is 50.3 Å². The molecule has 0 saturated carbocycles. The van der Waals surface area contributed by atoms with Crippen molar-refractivity contribution in [3.05, 3.63) is 94.6 Å². The van der Waals surface area contributed by atoms with Gasteiger partial charge in [0.1, 0.15) is 24.0 Å². The Morgan fingerprint density at radius 3 is 2.37 bits per heavy atom. The molecule has 0 aliphatic heterocycles. The molecule has 0 spiro atoms. The topological polar surface area (TPSA) is 126 Å². The Morgan fingerprint density at radius 1 is 1.02 bits per heavy atom. The molecule has 3 aromatic carbocycles. The zero-order valence-corrected chi connectivity index (χ0v) is 25.4. The van der Waals surface area contributed by atoms with E-state index in [0.717, 1.165) is 36.4 Å². The van der Waals surface area contributed by atoms with Crippen LogP contribution in [0.1, 0.15) is 47.3 Å². The zero-order chi connectivity index (χ0) is 31.6. The van der Waals surface area contributed by atoms with Gasteiger partial charge in [0, 0.05) is 36.5 Å². The normalized spacial score (nSPS) is 13.3. The van der Waals surface area contributed by atoms with Crippen LogP contribution in [-0.4, -0.2) is 63.8 Å². The molecule has 0 fully saturated rings. The molecule has 9 nitrogen and oxygen atoms in total. The second kappa shape index (κ2) is 15.6. The van der Waals surface area contributed by atoms with E-state index in [1.54, 1.807) is 20.1 Å². The van der Waals surface area contributed by atoms with Gasteiger partial charge in [0.2, 0.25) is 0 Å². The van der Waals surface area contributed by atoms with Gasteiger partial charge in [-0.15, -0.1) is 0 Å². The van der Waals surface area contributed by atoms with E-state index >= 15 is 0 Å². The third-order valence-electron chi connectivity index (χ3n) is 6.49. The third kappa shape index (κ3) is 10.4. The van der Waals surface area contributed by atoms with Crippen molar-refractivity contribution in [3.8, 4) is 5.75 Å². The van der Waals surface area contributed by atoms with Crippen LogP contribution in [0.25, 0.3) is 0 Å². The lowest BCUT2D eigenvalue weighted by Gasteiger charge is -2.25. The van der Waals surface area contributed by atoms with Crippen LogP contribution in [0.5, 0.6) is 5.75 Å². The Labute approximate surface area is 250 Å². The first kappa shape index (κ1) is 33.6. The Morgan fingerprint density at radius 2 is 1.72 bits per heavy atom. The molecule has 2 atom stereocenters. The van der Waals surface area contributed by atoms with Crippen LogP contribution in [0.2, 0.25) is 0 Å². The van der Waals surface area contributed by atoms with Crippen molar-refractivity contribution < 1.29 is 36.7 Å². The predicted molar refractivity (Wildman–Crippen MR) is 160 cm³/mol. The number of rotatable bonds is 15. The van der Waals surface area contributed by atoms with Crippen molar-refractivity contribution in [1.29, 1.82) is 0 Å². The molecule has 0 aliphatic rings. The summed E-state index contributed by atoms with van der Waals surface area (Å²) >= 11 is 0. The average molecular weight is 618 g/mol. The van der Waals surface area contributed by atoms with Crippen molar-refractivity contribution in [2.24, 2.45) is 5.16 Å². The van der Waals surface area contributed by atoms with E-state index in [9.17, 15) is 27.1 Å². The molecule has 43 heavy (non-hydrogen) atoms. The van der Waals surface area contributed by atoms with E-state index < -0.39 is 39.5 Å². The number of ether oxygens (including phenoxy) is 1. The van der Waals surface area contributed by atoms with Gasteiger partial charge in [-0.25, -0.2) is 17.2 Å². The minimum atomic E-state index is -3.71. The van der Waals surface area contributed by atoms with Crippen molar-refractivity contribution in [2.75, 3.05) is 26.5 Å². The monoisotopic (exact) mass is 617 g/mol. The first-order valence-corrected chi connectivity index (χ1v) is 15.6. The number of nitrogens with zero attached hydrogens (tertiary/aromatic N) is 1. The number of methoxy groups -OCH3 is 1. The number of carbonyl (C=O) groups is 1. The molecule has 0 radical (unpaired) electrons. The lowest BCUT2D eigenvalue weighted by molar-refractivity contribution is 0.0829. The summed E-state index contributed by atoms with van der Waals surface area (Å²) in [5.74, 6) is -1.61. The van der Waals surface area contributed by atoms with Crippen LogP contribution in [-0.2, 0) is 27.6 Å². The molecule has 0 aliphatic carbocycles. The van der Waals surface area contributed by atoms with Crippen LogP contribution < -0.4 is 15.4 Å². The summed E-state index contributed by atoms with van der Waals surface area (Å²) in [6.07, 6.45) is 0.449. The first-order valence-electron chi connectivity index (χ1n) is 13.7. The maximum atomic E-state index is 14.0. The van der Waals surface area contributed by atoms with Gasteiger partial charge in [-0.2, -0.15) is 0 Å². The van der Waals surface area contributed by atoms with E-state index in [1.165, 1.54) is 18.2 Å². The quantitative estimate of drug-likeness (QED) is 0.134. The van der Waals surface area contributed by atoms with E-state index in [-0.39, 0.29) is 29.0 Å². The minimum Gasteiger partial charge on any atom is -0.497 e. The van der Waals surface area contributed by atoms with E-state index in [2.05, 4.69) is 15.8 Å². The number of aliphatic hydroxyl groups is 1. The second-order valence-electron chi connectivity index (χ2n) is 10.1. The molecular formula is C31H37F2N3O6S. The Kier molecular flexibility index (Phi) is 12.2. The molecule has 0 heterocycles. The molecule has 1 amide bonds. The Bertz CT molecular complexity index is 1530. The van der Waals surface area contributed by atoms with Crippen LogP contribution in [0.15, 0.2) is 70.7 Å². The number of halogens is 2. The van der Waals surface area contributed by atoms with E-state index in [1.807, 2.05) is 25.1 Å². The van der Waals surface area contributed by atoms with Crippen molar-refractivity contribution in [3.63, 3.8) is 0 Å². The molecule has 232 valence electrons. The predicted octanol–water partition coefficient (Wildman–Crippen LogP) is 4.02. The summed E-state index contributed by atoms with van der Waals surface area (Å²) in [7, 11) is -2.16. The van der Waals surface area contributed by atoms with Crippen LogP contribution in [0, 0.1) is 11.6 Å². The average Bonchev–Trinajstić information content (AvgIpc) is 2.95. The molecule has 3 aromatic rings. The summed E-state index contributed by atoms with van der Waals surface area (Å²) in [5, 5.41) is 21.0. The molecule has 0 unspecified atom stereocenters. The lowest BCUT2D eigenvalue weighted by Crippen LogP contribution is -2.48. The number of amides is 1. The maximum Gasteiger partial charge on any atom is 0.251 e. The van der Waals surface area contributed by atoms with Gasteiger partial charge >= 0.3 is 0 Å². The smallest absolute Gasteiger partial charge is 0.251 e. The maximum absolute atomic E-state index is 14.0. The fourth-order valence-electron chi connectivity index (χ4n) is 4.25. The zero-order valence-electron chi connectivity index (χ0n) is 24.6. The largest absolute Gasteiger partial charge is 0.497 e. The highest BCUT2D eigenvalue weighted by Gasteiger charge is 2.24. The molecular weight excluding hydrogens is 580 g/mol. The molecule has 3 rings (SSSR count). The number of hydrogen-bond donors (Lipinski definition) is 3. The van der Waals surface area contributed by atoms with Gasteiger partial charge in [-0.1, -0.05) is 24.2 Å². The Balaban J connectivity index is 1.87.